The van der Waals surface area contributed by atoms with Gasteiger partial charge in [0.2, 0.25) is 5.91 Å². The van der Waals surface area contributed by atoms with Gasteiger partial charge in [-0.3, -0.25) is 9.59 Å². The molecule has 1 aliphatic rings. The molecule has 5 aromatic rings. The minimum absolute atomic E-state index is 0.184. The first-order valence-electron chi connectivity index (χ1n) is 12.3. The lowest BCUT2D eigenvalue weighted by molar-refractivity contribution is -0.122. The van der Waals surface area contributed by atoms with Gasteiger partial charge in [0.05, 0.1) is 12.2 Å². The van der Waals surface area contributed by atoms with Crippen LogP contribution in [0.4, 0.5) is 0 Å². The molecule has 3 aromatic carbocycles. The van der Waals surface area contributed by atoms with E-state index < -0.39 is 0 Å². The zero-order valence-corrected chi connectivity index (χ0v) is 20.4. The summed E-state index contributed by atoms with van der Waals surface area (Å²) in [6.07, 6.45) is 1.68. The lowest BCUT2D eigenvalue weighted by Gasteiger charge is -2.21. The van der Waals surface area contributed by atoms with Crippen LogP contribution in [0.1, 0.15) is 24.1 Å². The van der Waals surface area contributed by atoms with Crippen molar-refractivity contribution in [2.45, 2.75) is 26.1 Å². The van der Waals surface area contributed by atoms with Crippen LogP contribution >= 0.6 is 0 Å². The fourth-order valence-electron chi connectivity index (χ4n) is 4.87. The Labute approximate surface area is 213 Å². The highest BCUT2D eigenvalue weighted by molar-refractivity contribution is 6.07. The van der Waals surface area contributed by atoms with E-state index in [0.29, 0.717) is 36.8 Å². The molecule has 186 valence electrons. The van der Waals surface area contributed by atoms with E-state index in [9.17, 15) is 9.59 Å². The van der Waals surface area contributed by atoms with E-state index in [0.717, 1.165) is 27.4 Å². The van der Waals surface area contributed by atoms with Gasteiger partial charge < -0.3 is 19.4 Å². The number of fused-ring (bicyclic) bond motifs is 4. The van der Waals surface area contributed by atoms with Gasteiger partial charge >= 0.3 is 0 Å². The Bertz CT molecular complexity index is 1670. The predicted molar refractivity (Wildman–Crippen MR) is 141 cm³/mol. The Morgan fingerprint density at radius 3 is 2.57 bits per heavy atom. The number of para-hydroxylation sites is 1. The number of nitrogens with one attached hydrogen (secondary N) is 1. The lowest BCUT2D eigenvalue weighted by Crippen LogP contribution is -2.35. The standard InChI is InChI=1S/C29H26N4O4/c1-19(21-11-12-25-26(15-21)37-14-13-36-25)31-27(34)18-33-29(35)28-23(16-30-33)22-9-5-6-10-24(22)32(28)17-20-7-3-2-4-8-20/h2-12,15-16,19H,13-14,17-18H2,1H3,(H,31,34). The van der Waals surface area contributed by atoms with E-state index in [4.69, 9.17) is 9.47 Å². The number of amides is 1. The summed E-state index contributed by atoms with van der Waals surface area (Å²) in [7, 11) is 0. The maximum Gasteiger partial charge on any atom is 0.291 e. The van der Waals surface area contributed by atoms with E-state index in [1.807, 2.05) is 84.3 Å². The molecular formula is C29H26N4O4. The fraction of sp³-hybridized carbons (Fsp3) is 0.207. The fourth-order valence-corrected chi connectivity index (χ4v) is 4.87. The van der Waals surface area contributed by atoms with Crippen LogP contribution in [0.25, 0.3) is 21.8 Å². The first-order chi connectivity index (χ1) is 18.1. The van der Waals surface area contributed by atoms with Crippen molar-refractivity contribution in [3.63, 3.8) is 0 Å². The Kier molecular flexibility index (Phi) is 5.84. The first-order valence-corrected chi connectivity index (χ1v) is 12.3. The van der Waals surface area contributed by atoms with Crippen LogP contribution in [0.5, 0.6) is 11.5 Å². The number of ether oxygens (including phenoxy) is 2. The second-order valence-electron chi connectivity index (χ2n) is 9.15. The van der Waals surface area contributed by atoms with Crippen molar-refractivity contribution in [3.05, 3.63) is 100 Å². The third-order valence-electron chi connectivity index (χ3n) is 6.69. The summed E-state index contributed by atoms with van der Waals surface area (Å²) in [5.41, 5.74) is 3.16. The number of carbonyl (C=O) groups is 1. The molecule has 37 heavy (non-hydrogen) atoms. The smallest absolute Gasteiger partial charge is 0.291 e. The molecule has 1 N–H and O–H groups in total. The number of benzene rings is 3. The van der Waals surface area contributed by atoms with Gasteiger partial charge in [0.1, 0.15) is 25.3 Å². The van der Waals surface area contributed by atoms with E-state index >= 15 is 0 Å². The number of hydrogen-bond acceptors (Lipinski definition) is 5. The average Bonchev–Trinajstić information content (AvgIpc) is 3.24. The van der Waals surface area contributed by atoms with Crippen LogP contribution in [0.2, 0.25) is 0 Å². The third-order valence-corrected chi connectivity index (χ3v) is 6.69. The average molecular weight is 495 g/mol. The van der Waals surface area contributed by atoms with Crippen molar-refractivity contribution < 1.29 is 14.3 Å². The van der Waals surface area contributed by atoms with Crippen LogP contribution in [0.3, 0.4) is 0 Å². The van der Waals surface area contributed by atoms with Crippen molar-refractivity contribution in [2.24, 2.45) is 0 Å². The predicted octanol–water partition coefficient (Wildman–Crippen LogP) is 4.05. The van der Waals surface area contributed by atoms with E-state index in [2.05, 4.69) is 10.4 Å². The molecule has 1 aliphatic heterocycles. The molecule has 1 unspecified atom stereocenters. The molecule has 0 radical (unpaired) electrons. The topological polar surface area (TPSA) is 87.4 Å². The van der Waals surface area contributed by atoms with Crippen molar-refractivity contribution in [2.75, 3.05) is 13.2 Å². The molecule has 2 aromatic heterocycles. The van der Waals surface area contributed by atoms with Crippen molar-refractivity contribution in [1.29, 1.82) is 0 Å². The van der Waals surface area contributed by atoms with Crippen molar-refractivity contribution in [1.82, 2.24) is 19.7 Å². The van der Waals surface area contributed by atoms with E-state index in [1.54, 1.807) is 6.20 Å². The highest BCUT2D eigenvalue weighted by atomic mass is 16.6. The monoisotopic (exact) mass is 494 g/mol. The first kappa shape index (κ1) is 22.8. The second-order valence-corrected chi connectivity index (χ2v) is 9.15. The SMILES string of the molecule is CC(NC(=O)Cn1ncc2c3ccccc3n(Cc3ccccc3)c2c1=O)c1ccc2c(c1)OCCO2. The molecular weight excluding hydrogens is 468 g/mol. The van der Waals surface area contributed by atoms with E-state index in [1.165, 1.54) is 4.68 Å². The van der Waals surface area contributed by atoms with Crippen molar-refractivity contribution >= 4 is 27.7 Å². The zero-order chi connectivity index (χ0) is 25.4. The van der Waals surface area contributed by atoms with Gasteiger partial charge in [-0.1, -0.05) is 54.6 Å². The molecule has 8 nitrogen and oxygen atoms in total. The Morgan fingerprint density at radius 2 is 1.73 bits per heavy atom. The van der Waals surface area contributed by atoms with Gasteiger partial charge in [0.15, 0.2) is 11.5 Å². The molecule has 0 spiro atoms. The Balaban J connectivity index is 1.29. The number of nitrogens with zero attached hydrogens (tertiary/aromatic N) is 3. The lowest BCUT2D eigenvalue weighted by atomic mass is 10.1. The highest BCUT2D eigenvalue weighted by Crippen LogP contribution is 2.32. The third kappa shape index (κ3) is 4.31. The summed E-state index contributed by atoms with van der Waals surface area (Å²) in [5, 5.41) is 9.05. The minimum atomic E-state index is -0.304. The quantitative estimate of drug-likeness (QED) is 0.385. The maximum atomic E-state index is 13.6. The highest BCUT2D eigenvalue weighted by Gasteiger charge is 2.19. The number of carbonyl (C=O) groups excluding carboxylic acids is 1. The molecule has 0 saturated carbocycles. The molecule has 8 heteroatoms. The van der Waals surface area contributed by atoms with Gasteiger partial charge in [-0.25, -0.2) is 4.68 Å². The molecule has 1 amide bonds. The zero-order valence-electron chi connectivity index (χ0n) is 20.4. The summed E-state index contributed by atoms with van der Waals surface area (Å²) in [4.78, 5) is 26.6. The van der Waals surface area contributed by atoms with Crippen LogP contribution in [0.15, 0.2) is 83.8 Å². The Morgan fingerprint density at radius 1 is 0.973 bits per heavy atom. The Hall–Kier alpha value is -4.59. The van der Waals surface area contributed by atoms with Crippen molar-refractivity contribution in [3.8, 4) is 11.5 Å². The molecule has 0 bridgehead atoms. The van der Waals surface area contributed by atoms with Crippen LogP contribution in [0, 0.1) is 0 Å². The normalized spacial score (nSPS) is 13.5. The van der Waals surface area contributed by atoms with Crippen LogP contribution in [-0.2, 0) is 17.9 Å². The van der Waals surface area contributed by atoms with Gasteiger partial charge in [-0.05, 0) is 36.2 Å². The number of aromatic nitrogens is 3. The van der Waals surface area contributed by atoms with E-state index in [-0.39, 0.29) is 24.1 Å². The number of rotatable bonds is 6. The maximum absolute atomic E-state index is 13.6. The molecule has 1 atom stereocenters. The summed E-state index contributed by atoms with van der Waals surface area (Å²) in [6, 6.07) is 23.2. The number of hydrogen-bond donors (Lipinski definition) is 1. The summed E-state index contributed by atoms with van der Waals surface area (Å²) >= 11 is 0. The minimum Gasteiger partial charge on any atom is -0.486 e. The van der Waals surface area contributed by atoms with Gasteiger partial charge in [0.25, 0.3) is 5.56 Å². The van der Waals surface area contributed by atoms with Crippen LogP contribution in [-0.4, -0.2) is 33.5 Å². The molecule has 0 aliphatic carbocycles. The van der Waals surface area contributed by atoms with Gasteiger partial charge in [-0.15, -0.1) is 0 Å². The summed E-state index contributed by atoms with van der Waals surface area (Å²) < 4.78 is 14.5. The van der Waals surface area contributed by atoms with Gasteiger partial charge in [0, 0.05) is 22.8 Å². The summed E-state index contributed by atoms with van der Waals surface area (Å²) in [5.74, 6) is 1.06. The molecule has 0 fully saturated rings. The molecule has 3 heterocycles. The van der Waals surface area contributed by atoms with Gasteiger partial charge in [-0.2, -0.15) is 5.10 Å². The second kappa shape index (κ2) is 9.46. The summed E-state index contributed by atoms with van der Waals surface area (Å²) in [6.45, 7) is 3.26. The van der Waals surface area contributed by atoms with Crippen LogP contribution < -0.4 is 20.3 Å². The largest absolute Gasteiger partial charge is 0.486 e. The molecule has 6 rings (SSSR count). The molecule has 0 saturated heterocycles.